The van der Waals surface area contributed by atoms with E-state index in [4.69, 9.17) is 9.97 Å². The maximum absolute atomic E-state index is 9.29. The molecule has 214 valence electrons. The fourth-order valence-electron chi connectivity index (χ4n) is 6.16. The van der Waals surface area contributed by atoms with Gasteiger partial charge in [0.2, 0.25) is 0 Å². The topological polar surface area (TPSA) is 49.6 Å². The summed E-state index contributed by atoms with van der Waals surface area (Å²) in [5.74, 6) is 0.688. The smallest absolute Gasteiger partial charge is 0.160 e. The average molecular weight is 586 g/mol. The Morgan fingerprint density at radius 1 is 0.391 bits per heavy atom. The number of hydrogen-bond acceptors (Lipinski definition) is 3. The van der Waals surface area contributed by atoms with Crippen LogP contribution in [0.4, 0.5) is 0 Å². The monoisotopic (exact) mass is 585 g/mol. The SMILES string of the molecule is N#Cc1ccc(-c2ccc(-c3cc(-c4ccc5cc(-c6ccccc6)ccc5c4)nc(-c4ccccc4)n3)c3ccccc23)cc1. The number of rotatable bonds is 5. The van der Waals surface area contributed by atoms with Gasteiger partial charge < -0.3 is 0 Å². The molecule has 0 aliphatic heterocycles. The predicted octanol–water partition coefficient (Wildman–Crippen LogP) is 11.0. The van der Waals surface area contributed by atoms with E-state index in [-0.39, 0.29) is 0 Å². The molecule has 0 N–H and O–H groups in total. The standard InChI is InChI=1S/C43H27N3/c44-28-29-15-17-31(18-16-29)37-23-24-40(39-14-8-7-13-38(37)39)42-27-41(45-43(46-42)32-11-5-2-6-12-32)36-22-21-34-25-33(19-20-35(34)26-36)30-9-3-1-4-10-30/h1-27H. The summed E-state index contributed by atoms with van der Waals surface area (Å²) in [7, 11) is 0. The van der Waals surface area contributed by atoms with Crippen LogP contribution < -0.4 is 0 Å². The van der Waals surface area contributed by atoms with E-state index in [0.29, 0.717) is 11.4 Å². The molecule has 1 aromatic heterocycles. The van der Waals surface area contributed by atoms with Crippen LogP contribution in [0.15, 0.2) is 164 Å². The van der Waals surface area contributed by atoms with Crippen molar-refractivity contribution in [2.24, 2.45) is 0 Å². The van der Waals surface area contributed by atoms with E-state index in [1.165, 1.54) is 16.5 Å². The fourth-order valence-corrected chi connectivity index (χ4v) is 6.16. The zero-order valence-corrected chi connectivity index (χ0v) is 24.9. The Hall–Kier alpha value is -6.37. The Balaban J connectivity index is 1.28. The number of nitriles is 1. The molecule has 8 aromatic rings. The summed E-state index contributed by atoms with van der Waals surface area (Å²) in [6.07, 6.45) is 0. The molecule has 0 bridgehead atoms. The minimum atomic E-state index is 0.650. The molecule has 7 aromatic carbocycles. The van der Waals surface area contributed by atoms with Crippen LogP contribution in [-0.4, -0.2) is 9.97 Å². The molecular weight excluding hydrogens is 558 g/mol. The number of benzene rings is 7. The highest BCUT2D eigenvalue weighted by Gasteiger charge is 2.15. The molecule has 0 amide bonds. The number of hydrogen-bond donors (Lipinski definition) is 0. The molecule has 0 radical (unpaired) electrons. The van der Waals surface area contributed by atoms with Gasteiger partial charge in [0.15, 0.2) is 5.82 Å². The summed E-state index contributed by atoms with van der Waals surface area (Å²) in [5.41, 5.74) is 10.0. The van der Waals surface area contributed by atoms with Crippen molar-refractivity contribution in [3.05, 3.63) is 169 Å². The third-order valence-electron chi connectivity index (χ3n) is 8.53. The molecule has 8 rings (SSSR count). The van der Waals surface area contributed by atoms with E-state index in [9.17, 15) is 5.26 Å². The number of aromatic nitrogens is 2. The van der Waals surface area contributed by atoms with Crippen LogP contribution in [0.1, 0.15) is 5.56 Å². The molecule has 0 spiro atoms. The van der Waals surface area contributed by atoms with Gasteiger partial charge in [0, 0.05) is 16.7 Å². The molecular formula is C43H27N3. The first-order valence-corrected chi connectivity index (χ1v) is 15.3. The van der Waals surface area contributed by atoms with Gasteiger partial charge in [0.1, 0.15) is 0 Å². The zero-order valence-electron chi connectivity index (χ0n) is 24.9. The summed E-state index contributed by atoms with van der Waals surface area (Å²) in [6.45, 7) is 0. The van der Waals surface area contributed by atoms with E-state index in [0.717, 1.165) is 55.4 Å². The van der Waals surface area contributed by atoms with Gasteiger partial charge in [-0.2, -0.15) is 5.26 Å². The molecule has 0 saturated carbocycles. The molecule has 3 heteroatoms. The second-order valence-electron chi connectivity index (χ2n) is 11.4. The van der Waals surface area contributed by atoms with Crippen molar-refractivity contribution in [3.63, 3.8) is 0 Å². The Labute approximate surface area is 267 Å². The third-order valence-corrected chi connectivity index (χ3v) is 8.53. The average Bonchev–Trinajstić information content (AvgIpc) is 3.14. The van der Waals surface area contributed by atoms with Gasteiger partial charge in [0.05, 0.1) is 23.0 Å². The lowest BCUT2D eigenvalue weighted by atomic mass is 9.93. The van der Waals surface area contributed by atoms with E-state index in [1.54, 1.807) is 0 Å². The number of fused-ring (bicyclic) bond motifs is 2. The van der Waals surface area contributed by atoms with Crippen LogP contribution in [0, 0.1) is 11.3 Å². The van der Waals surface area contributed by atoms with E-state index >= 15 is 0 Å². The maximum atomic E-state index is 9.29. The van der Waals surface area contributed by atoms with Crippen molar-refractivity contribution >= 4 is 21.5 Å². The van der Waals surface area contributed by atoms with Gasteiger partial charge >= 0.3 is 0 Å². The highest BCUT2D eigenvalue weighted by molar-refractivity contribution is 6.05. The van der Waals surface area contributed by atoms with Gasteiger partial charge in [-0.15, -0.1) is 0 Å². The van der Waals surface area contributed by atoms with Gasteiger partial charge in [-0.05, 0) is 74.1 Å². The van der Waals surface area contributed by atoms with Crippen molar-refractivity contribution < 1.29 is 0 Å². The normalized spacial score (nSPS) is 11.0. The zero-order chi connectivity index (χ0) is 30.9. The van der Waals surface area contributed by atoms with Gasteiger partial charge in [0.25, 0.3) is 0 Å². The Morgan fingerprint density at radius 3 is 1.63 bits per heavy atom. The minimum Gasteiger partial charge on any atom is -0.228 e. The predicted molar refractivity (Wildman–Crippen MR) is 189 cm³/mol. The van der Waals surface area contributed by atoms with Gasteiger partial charge in [-0.1, -0.05) is 133 Å². The maximum Gasteiger partial charge on any atom is 0.160 e. The molecule has 3 nitrogen and oxygen atoms in total. The van der Waals surface area contributed by atoms with Gasteiger partial charge in [-0.25, -0.2) is 9.97 Å². The minimum absolute atomic E-state index is 0.650. The Bertz CT molecular complexity index is 2410. The van der Waals surface area contributed by atoms with Crippen molar-refractivity contribution in [2.45, 2.75) is 0 Å². The van der Waals surface area contributed by atoms with Gasteiger partial charge in [-0.3, -0.25) is 0 Å². The molecule has 1 heterocycles. The van der Waals surface area contributed by atoms with Crippen LogP contribution in [0.25, 0.3) is 77.7 Å². The molecule has 0 aliphatic rings. The second kappa shape index (κ2) is 11.6. The van der Waals surface area contributed by atoms with Crippen LogP contribution in [-0.2, 0) is 0 Å². The summed E-state index contributed by atoms with van der Waals surface area (Å²) < 4.78 is 0. The van der Waals surface area contributed by atoms with Crippen LogP contribution in [0.3, 0.4) is 0 Å². The first-order valence-electron chi connectivity index (χ1n) is 15.3. The van der Waals surface area contributed by atoms with Crippen molar-refractivity contribution in [3.8, 4) is 62.2 Å². The fraction of sp³-hybridized carbons (Fsp3) is 0. The lowest BCUT2D eigenvalue weighted by Crippen LogP contribution is -1.97. The van der Waals surface area contributed by atoms with Crippen LogP contribution >= 0.6 is 0 Å². The molecule has 46 heavy (non-hydrogen) atoms. The first kappa shape index (κ1) is 27.2. The van der Waals surface area contributed by atoms with Crippen LogP contribution in [0.5, 0.6) is 0 Å². The summed E-state index contributed by atoms with van der Waals surface area (Å²) >= 11 is 0. The largest absolute Gasteiger partial charge is 0.228 e. The number of nitrogens with zero attached hydrogens (tertiary/aromatic N) is 3. The first-order chi connectivity index (χ1) is 22.7. The summed E-state index contributed by atoms with van der Waals surface area (Å²) in [5, 5.41) is 13.9. The van der Waals surface area contributed by atoms with Crippen LogP contribution in [0.2, 0.25) is 0 Å². The third kappa shape index (κ3) is 5.09. The van der Waals surface area contributed by atoms with E-state index < -0.39 is 0 Å². The lowest BCUT2D eigenvalue weighted by molar-refractivity contribution is 1.19. The molecule has 0 aliphatic carbocycles. The summed E-state index contributed by atoms with van der Waals surface area (Å²) in [4.78, 5) is 10.2. The quantitative estimate of drug-likeness (QED) is 0.202. The molecule has 0 unspecified atom stereocenters. The Morgan fingerprint density at radius 2 is 0.935 bits per heavy atom. The molecule has 0 atom stereocenters. The molecule has 0 fully saturated rings. The van der Waals surface area contributed by atoms with E-state index in [1.807, 2.05) is 48.5 Å². The lowest BCUT2D eigenvalue weighted by Gasteiger charge is -2.14. The van der Waals surface area contributed by atoms with Crippen molar-refractivity contribution in [1.82, 2.24) is 9.97 Å². The summed E-state index contributed by atoms with van der Waals surface area (Å²) in [6, 6.07) is 58.7. The highest BCUT2D eigenvalue weighted by atomic mass is 14.9. The van der Waals surface area contributed by atoms with E-state index in [2.05, 4.69) is 121 Å². The van der Waals surface area contributed by atoms with Crippen molar-refractivity contribution in [2.75, 3.05) is 0 Å². The highest BCUT2D eigenvalue weighted by Crippen LogP contribution is 2.37. The molecule has 0 saturated heterocycles. The van der Waals surface area contributed by atoms with Crippen molar-refractivity contribution in [1.29, 1.82) is 5.26 Å². The Kier molecular flexibility index (Phi) is 6.87. The second-order valence-corrected chi connectivity index (χ2v) is 11.4.